The molecule has 2 heterocycles. The summed E-state index contributed by atoms with van der Waals surface area (Å²) in [5.74, 6) is -0.555. The molecule has 3 aromatic rings. The van der Waals surface area contributed by atoms with E-state index in [9.17, 15) is 9.18 Å². The zero-order valence-corrected chi connectivity index (χ0v) is 16.4. The molecule has 2 aromatic heterocycles. The van der Waals surface area contributed by atoms with Gasteiger partial charge in [0.2, 0.25) is 5.91 Å². The first-order valence-electron chi connectivity index (χ1n) is 8.57. The number of amides is 1. The van der Waals surface area contributed by atoms with E-state index >= 15 is 0 Å². The normalized spacial score (nSPS) is 12.2. The van der Waals surface area contributed by atoms with Crippen LogP contribution in [0.1, 0.15) is 35.6 Å². The van der Waals surface area contributed by atoms with Crippen LogP contribution in [0.25, 0.3) is 0 Å². The number of rotatable bonds is 5. The van der Waals surface area contributed by atoms with Gasteiger partial charge >= 0.3 is 0 Å². The molecule has 0 saturated carbocycles. The molecule has 1 N–H and O–H groups in total. The summed E-state index contributed by atoms with van der Waals surface area (Å²) in [6, 6.07) is 5.68. The standard InChI is InChI=1S/C19H21ClFN5O/c1-11-7-8-22-26(11)14(4)19(27)23-18-12(2)24-25(13(18)3)10-15-5-6-16(21)9-17(15)20/h5-9,14H,10H2,1-4H3,(H,23,27). The Kier molecular flexibility index (Phi) is 5.32. The van der Waals surface area contributed by atoms with Crippen LogP contribution < -0.4 is 5.32 Å². The number of nitrogens with zero attached hydrogens (tertiary/aromatic N) is 4. The number of aryl methyl sites for hydroxylation is 2. The average Bonchev–Trinajstić information content (AvgIpc) is 3.15. The molecule has 8 heteroatoms. The molecule has 27 heavy (non-hydrogen) atoms. The highest BCUT2D eigenvalue weighted by atomic mass is 35.5. The predicted molar refractivity (Wildman–Crippen MR) is 103 cm³/mol. The summed E-state index contributed by atoms with van der Waals surface area (Å²) < 4.78 is 16.6. The van der Waals surface area contributed by atoms with E-state index in [1.54, 1.807) is 28.6 Å². The number of benzene rings is 1. The first-order valence-corrected chi connectivity index (χ1v) is 8.94. The Morgan fingerprint density at radius 2 is 2.04 bits per heavy atom. The van der Waals surface area contributed by atoms with Gasteiger partial charge < -0.3 is 5.32 Å². The van der Waals surface area contributed by atoms with Crippen molar-refractivity contribution in [2.24, 2.45) is 0 Å². The van der Waals surface area contributed by atoms with Crippen LogP contribution in [0, 0.1) is 26.6 Å². The number of anilines is 1. The van der Waals surface area contributed by atoms with Crippen molar-refractivity contribution in [3.63, 3.8) is 0 Å². The first kappa shape index (κ1) is 19.1. The molecule has 1 atom stereocenters. The van der Waals surface area contributed by atoms with Crippen molar-refractivity contribution >= 4 is 23.2 Å². The maximum Gasteiger partial charge on any atom is 0.249 e. The zero-order chi connectivity index (χ0) is 19.7. The van der Waals surface area contributed by atoms with Crippen molar-refractivity contribution in [1.29, 1.82) is 0 Å². The van der Waals surface area contributed by atoms with Gasteiger partial charge in [-0.3, -0.25) is 14.2 Å². The van der Waals surface area contributed by atoms with E-state index in [0.29, 0.717) is 22.9 Å². The number of hydrogen-bond acceptors (Lipinski definition) is 3. The predicted octanol–water partition coefficient (Wildman–Crippen LogP) is 4.05. The van der Waals surface area contributed by atoms with E-state index in [0.717, 1.165) is 17.0 Å². The molecule has 142 valence electrons. The minimum absolute atomic E-state index is 0.174. The number of nitrogens with one attached hydrogen (secondary N) is 1. The van der Waals surface area contributed by atoms with E-state index in [2.05, 4.69) is 15.5 Å². The molecule has 0 aliphatic heterocycles. The molecule has 0 spiro atoms. The van der Waals surface area contributed by atoms with E-state index in [-0.39, 0.29) is 11.7 Å². The Hall–Kier alpha value is -2.67. The maximum atomic E-state index is 13.2. The summed E-state index contributed by atoms with van der Waals surface area (Å²) in [6.45, 7) is 7.78. The topological polar surface area (TPSA) is 64.7 Å². The van der Waals surface area contributed by atoms with Crippen molar-refractivity contribution < 1.29 is 9.18 Å². The molecule has 0 aliphatic rings. The second-order valence-electron chi connectivity index (χ2n) is 6.52. The molecule has 6 nitrogen and oxygen atoms in total. The van der Waals surface area contributed by atoms with Crippen molar-refractivity contribution in [1.82, 2.24) is 19.6 Å². The lowest BCUT2D eigenvalue weighted by Crippen LogP contribution is -2.25. The molecular weight excluding hydrogens is 369 g/mol. The van der Waals surface area contributed by atoms with Crippen LogP contribution in [-0.4, -0.2) is 25.5 Å². The summed E-state index contributed by atoms with van der Waals surface area (Å²) in [4.78, 5) is 12.7. The Morgan fingerprint density at radius 3 is 2.67 bits per heavy atom. The van der Waals surface area contributed by atoms with Crippen LogP contribution in [0.5, 0.6) is 0 Å². The second-order valence-corrected chi connectivity index (χ2v) is 6.93. The fraction of sp³-hybridized carbons (Fsp3) is 0.316. The number of carbonyl (C=O) groups is 1. The van der Waals surface area contributed by atoms with Crippen molar-refractivity contribution in [3.05, 3.63) is 63.9 Å². The Bertz CT molecular complexity index is 994. The van der Waals surface area contributed by atoms with E-state index in [1.807, 2.05) is 26.8 Å². The zero-order valence-electron chi connectivity index (χ0n) is 15.6. The van der Waals surface area contributed by atoms with E-state index in [1.165, 1.54) is 12.1 Å². The fourth-order valence-corrected chi connectivity index (χ4v) is 3.19. The second kappa shape index (κ2) is 7.52. The Balaban J connectivity index is 1.81. The van der Waals surface area contributed by atoms with Gasteiger partial charge in [0.25, 0.3) is 0 Å². The summed E-state index contributed by atoms with van der Waals surface area (Å²) >= 11 is 6.12. The summed E-state index contributed by atoms with van der Waals surface area (Å²) in [7, 11) is 0. The maximum absolute atomic E-state index is 13.2. The minimum Gasteiger partial charge on any atom is -0.321 e. The van der Waals surface area contributed by atoms with E-state index in [4.69, 9.17) is 11.6 Å². The van der Waals surface area contributed by atoms with Gasteiger partial charge in [-0.1, -0.05) is 17.7 Å². The molecule has 1 amide bonds. The molecule has 1 aromatic carbocycles. The van der Waals surface area contributed by atoms with Gasteiger partial charge in [0.05, 0.1) is 23.6 Å². The molecule has 0 saturated heterocycles. The Labute approximate surface area is 161 Å². The highest BCUT2D eigenvalue weighted by Gasteiger charge is 2.21. The minimum atomic E-state index is -0.450. The molecule has 1 unspecified atom stereocenters. The van der Waals surface area contributed by atoms with Crippen LogP contribution in [0.4, 0.5) is 10.1 Å². The Morgan fingerprint density at radius 1 is 1.30 bits per heavy atom. The SMILES string of the molecule is Cc1nn(Cc2ccc(F)cc2Cl)c(C)c1NC(=O)C(C)n1nccc1C. The lowest BCUT2D eigenvalue weighted by atomic mass is 10.2. The molecule has 0 bridgehead atoms. The van der Waals surface area contributed by atoms with Crippen LogP contribution >= 0.6 is 11.6 Å². The summed E-state index contributed by atoms with van der Waals surface area (Å²) in [6.07, 6.45) is 1.67. The lowest BCUT2D eigenvalue weighted by molar-refractivity contribution is -0.119. The van der Waals surface area contributed by atoms with Crippen LogP contribution in [0.2, 0.25) is 5.02 Å². The van der Waals surface area contributed by atoms with Gasteiger partial charge in [0.1, 0.15) is 11.9 Å². The smallest absolute Gasteiger partial charge is 0.249 e. The molecule has 3 rings (SSSR count). The average molecular weight is 390 g/mol. The van der Waals surface area contributed by atoms with Crippen LogP contribution in [0.15, 0.2) is 30.5 Å². The lowest BCUT2D eigenvalue weighted by Gasteiger charge is -2.15. The van der Waals surface area contributed by atoms with Gasteiger partial charge in [0, 0.05) is 16.9 Å². The van der Waals surface area contributed by atoms with Crippen molar-refractivity contribution in [2.45, 2.75) is 40.3 Å². The number of carbonyl (C=O) groups excluding carboxylic acids is 1. The van der Waals surface area contributed by atoms with Crippen LogP contribution in [-0.2, 0) is 11.3 Å². The molecular formula is C19H21ClFN5O. The monoisotopic (exact) mass is 389 g/mol. The van der Waals surface area contributed by atoms with Gasteiger partial charge in [-0.05, 0) is 51.5 Å². The molecule has 0 aliphatic carbocycles. The highest BCUT2D eigenvalue weighted by Crippen LogP contribution is 2.24. The van der Waals surface area contributed by atoms with Crippen molar-refractivity contribution in [2.75, 3.05) is 5.32 Å². The molecule has 0 radical (unpaired) electrons. The van der Waals surface area contributed by atoms with Gasteiger partial charge in [-0.25, -0.2) is 4.39 Å². The molecule has 0 fully saturated rings. The van der Waals surface area contributed by atoms with Crippen molar-refractivity contribution in [3.8, 4) is 0 Å². The number of aromatic nitrogens is 4. The number of halogens is 2. The summed E-state index contributed by atoms with van der Waals surface area (Å²) in [5, 5.41) is 12.0. The quantitative estimate of drug-likeness (QED) is 0.716. The highest BCUT2D eigenvalue weighted by molar-refractivity contribution is 6.31. The van der Waals surface area contributed by atoms with Gasteiger partial charge in [-0.15, -0.1) is 0 Å². The van der Waals surface area contributed by atoms with Crippen LogP contribution in [0.3, 0.4) is 0 Å². The van der Waals surface area contributed by atoms with Gasteiger partial charge in [0.15, 0.2) is 0 Å². The fourth-order valence-electron chi connectivity index (χ4n) is 2.97. The largest absolute Gasteiger partial charge is 0.321 e. The third kappa shape index (κ3) is 3.88. The summed E-state index contributed by atoms with van der Waals surface area (Å²) in [5.41, 5.74) is 3.82. The third-order valence-corrected chi connectivity index (χ3v) is 4.93. The van der Waals surface area contributed by atoms with E-state index < -0.39 is 6.04 Å². The first-order chi connectivity index (χ1) is 12.8. The third-order valence-electron chi connectivity index (χ3n) is 4.58. The van der Waals surface area contributed by atoms with Gasteiger partial charge in [-0.2, -0.15) is 10.2 Å². The number of hydrogen-bond donors (Lipinski definition) is 1.